The fourth-order valence-electron chi connectivity index (χ4n) is 10.8. The Labute approximate surface area is 387 Å². The smallest absolute Gasteiger partial charge is 0.321 e. The van der Waals surface area contributed by atoms with Gasteiger partial charge in [-0.05, 0) is 107 Å². The summed E-state index contributed by atoms with van der Waals surface area (Å²) in [5, 5.41) is 24.2. The normalized spacial score (nSPS) is 20.9. The zero-order chi connectivity index (χ0) is 47.3. The summed E-state index contributed by atoms with van der Waals surface area (Å²) in [5.74, 6) is 0.302. The van der Waals surface area contributed by atoms with E-state index in [-0.39, 0.29) is 54.2 Å². The maximum Gasteiger partial charge on any atom is 0.321 e. The van der Waals surface area contributed by atoms with E-state index in [1.807, 2.05) is 26.0 Å². The Bertz CT molecular complexity index is 2540. The van der Waals surface area contributed by atoms with Gasteiger partial charge in [0.15, 0.2) is 0 Å². The van der Waals surface area contributed by atoms with Crippen molar-refractivity contribution in [1.29, 1.82) is 0 Å². The molecule has 0 unspecified atom stereocenters. The number of allylic oxidation sites excluding steroid dienone is 1. The number of esters is 2. The van der Waals surface area contributed by atoms with Gasteiger partial charge in [-0.3, -0.25) is 19.6 Å². The molecule has 5 heterocycles. The van der Waals surface area contributed by atoms with Crippen molar-refractivity contribution in [3.8, 4) is 0 Å². The van der Waals surface area contributed by atoms with Crippen LogP contribution in [0, 0.1) is 31.6 Å². The summed E-state index contributed by atoms with van der Waals surface area (Å²) in [6, 6.07) is 6.12. The molecule has 0 radical (unpaired) electrons. The van der Waals surface area contributed by atoms with Crippen molar-refractivity contribution >= 4 is 45.5 Å². The number of carbonyl (C=O) groups is 2. The first-order valence-corrected chi connectivity index (χ1v) is 24.7. The fraction of sp³-hybridized carbons (Fsp3) is 0.600. The molecule has 6 rings (SSSR count). The average Bonchev–Trinajstić information content (AvgIpc) is 4.00. The third-order valence-corrected chi connectivity index (χ3v) is 14.9. The number of rotatable bonds is 19. The van der Waals surface area contributed by atoms with Gasteiger partial charge in [0.1, 0.15) is 18.3 Å². The van der Waals surface area contributed by atoms with Crippen LogP contribution in [0.1, 0.15) is 208 Å². The predicted octanol–water partition coefficient (Wildman–Crippen LogP) is 12.4. The second-order valence-electron chi connectivity index (χ2n) is 20.4. The minimum absolute atomic E-state index is 0.0748. The minimum atomic E-state index is -1.09. The van der Waals surface area contributed by atoms with Crippen molar-refractivity contribution in [1.82, 2.24) is 19.9 Å². The highest BCUT2D eigenvalue weighted by Gasteiger charge is 2.42. The Hall–Kier alpha value is -4.86. The number of fused-ring (bicyclic) bond motifs is 8. The number of aliphatic hydroxyl groups is 2. The zero-order valence-electron chi connectivity index (χ0n) is 41.5. The largest absolute Gasteiger partial charge is 0.512 e. The van der Waals surface area contributed by atoms with Gasteiger partial charge in [-0.2, -0.15) is 0 Å². The lowest BCUT2D eigenvalue weighted by Crippen LogP contribution is -2.18. The second-order valence-corrected chi connectivity index (χ2v) is 20.4. The molecule has 0 spiro atoms. The molecule has 0 saturated carbocycles. The fourth-order valence-corrected chi connectivity index (χ4v) is 10.8. The molecule has 2 aliphatic heterocycles. The molecular weight excluding hydrogens is 813 g/mol. The third-order valence-electron chi connectivity index (χ3n) is 14.9. The molecule has 7 atom stereocenters. The van der Waals surface area contributed by atoms with E-state index in [1.165, 1.54) is 57.6 Å². The van der Waals surface area contributed by atoms with Crippen LogP contribution in [0.5, 0.6) is 0 Å². The van der Waals surface area contributed by atoms with E-state index < -0.39 is 11.9 Å². The number of H-pyrrole nitrogens is 2. The molecule has 3 aromatic heterocycles. The molecule has 8 bridgehead atoms. The Morgan fingerprint density at radius 2 is 1.40 bits per heavy atom. The lowest BCUT2D eigenvalue weighted by molar-refractivity contribution is -0.143. The van der Waals surface area contributed by atoms with Crippen molar-refractivity contribution in [3.05, 3.63) is 79.8 Å². The van der Waals surface area contributed by atoms with Gasteiger partial charge in [-0.15, -0.1) is 0 Å². The van der Waals surface area contributed by atoms with Crippen LogP contribution in [0.15, 0.2) is 29.8 Å². The van der Waals surface area contributed by atoms with E-state index in [0.717, 1.165) is 81.1 Å². The molecule has 4 N–H and O–H groups in total. The highest BCUT2D eigenvalue weighted by Crippen LogP contribution is 2.46. The van der Waals surface area contributed by atoms with Crippen molar-refractivity contribution in [2.24, 2.45) is 17.8 Å². The van der Waals surface area contributed by atoms with Gasteiger partial charge in [-0.25, -0.2) is 0 Å². The summed E-state index contributed by atoms with van der Waals surface area (Å²) in [5.41, 5.74) is 9.71. The number of aliphatic hydroxyl groups excluding tert-OH is 2. The number of nitrogens with zero attached hydrogens (tertiary/aromatic N) is 2. The van der Waals surface area contributed by atoms with Crippen LogP contribution in [0.25, 0.3) is 33.6 Å². The number of methoxy groups -OCH3 is 1. The molecular formula is C55H78N4O6. The van der Waals surface area contributed by atoms with Gasteiger partial charge in [0, 0.05) is 74.2 Å². The van der Waals surface area contributed by atoms with Gasteiger partial charge < -0.3 is 29.7 Å². The van der Waals surface area contributed by atoms with Gasteiger partial charge in [0.05, 0.1) is 29.6 Å². The van der Waals surface area contributed by atoms with Crippen molar-refractivity contribution < 1.29 is 29.3 Å². The molecule has 354 valence electrons. The first kappa shape index (κ1) is 49.6. The summed E-state index contributed by atoms with van der Waals surface area (Å²) in [7, 11) is 1.33. The third kappa shape index (κ3) is 11.1. The van der Waals surface area contributed by atoms with E-state index in [4.69, 9.17) is 19.4 Å². The van der Waals surface area contributed by atoms with E-state index in [0.29, 0.717) is 34.3 Å². The zero-order valence-corrected chi connectivity index (χ0v) is 41.5. The minimum Gasteiger partial charge on any atom is -0.512 e. The van der Waals surface area contributed by atoms with E-state index >= 15 is 0 Å². The maximum absolute atomic E-state index is 13.7. The van der Waals surface area contributed by atoms with Crippen LogP contribution in [0.2, 0.25) is 0 Å². The van der Waals surface area contributed by atoms with Crippen molar-refractivity contribution in [2.75, 3.05) is 13.7 Å². The van der Waals surface area contributed by atoms with E-state index in [9.17, 15) is 19.8 Å². The van der Waals surface area contributed by atoms with Crippen LogP contribution in [-0.2, 0) is 19.1 Å². The lowest BCUT2D eigenvalue weighted by atomic mass is 9.84. The number of aromatic nitrogens is 4. The topological polar surface area (TPSA) is 150 Å². The average molecular weight is 891 g/mol. The number of nitrogens with one attached hydrogen (secondary N) is 2. The molecule has 10 nitrogen and oxygen atoms in total. The summed E-state index contributed by atoms with van der Waals surface area (Å²) >= 11 is 0. The molecule has 0 saturated heterocycles. The first-order valence-electron chi connectivity index (χ1n) is 24.7. The molecule has 3 aliphatic rings. The maximum atomic E-state index is 13.7. The molecule has 65 heavy (non-hydrogen) atoms. The Balaban J connectivity index is 1.25. The standard InChI is InChI=1S/C55H78N4O6/c1-13-39-34(7)41-29-46-48(38(11)60)36(9)43(57-46)27-42-35(8)40(52(58-42)50-51(55(63)64-12)54(62)49-37(10)44(59-53(49)50)28-45(39)56-41)23-24-47(61)65-26-25-33(6)22-16-21-32(5)20-15-19-31(4)18-14-17-30(2)3/h25,27-32,34-35,39-40,51,57,59-60,62H,13-24,26H2,1-12H3/b33-25-,42-27?,45-28?,46-29?,48-38+/t31-,32-,34-,35+,39-,40+,51-/m1/s1. The molecule has 3 aromatic rings. The van der Waals surface area contributed by atoms with Crippen molar-refractivity contribution in [2.45, 2.75) is 183 Å². The Kier molecular flexibility index (Phi) is 16.5. The SMILES string of the molecule is CC[C@H]1c2cc3[nH]c4c(c5nc(cc6[nH]c(cc(n2)[C@@H]1C)/c(=C(\C)O)c6C)[C@@H](C)[C@@H]5CCC(=O)OC/C=C(/C)CCC[C@H](C)CCC[C@H](C)CCCC(C)C)[C@@H](C(=O)OC)C(O)=c4c3C. The van der Waals surface area contributed by atoms with Gasteiger partial charge in [-0.1, -0.05) is 99.0 Å². The number of hydrogen-bond acceptors (Lipinski definition) is 8. The highest BCUT2D eigenvalue weighted by atomic mass is 16.5. The number of aromatic amines is 2. The van der Waals surface area contributed by atoms with Crippen LogP contribution < -0.4 is 10.4 Å². The molecule has 0 fully saturated rings. The number of carbonyl (C=O) groups excluding carboxylic acids is 2. The first-order chi connectivity index (χ1) is 30.9. The highest BCUT2D eigenvalue weighted by molar-refractivity contribution is 5.96. The van der Waals surface area contributed by atoms with Gasteiger partial charge in [0.25, 0.3) is 0 Å². The van der Waals surface area contributed by atoms with Crippen LogP contribution in [-0.4, -0.2) is 55.8 Å². The number of ether oxygens (including phenoxy) is 2. The second kappa shape index (κ2) is 21.6. The van der Waals surface area contributed by atoms with Gasteiger partial charge >= 0.3 is 11.9 Å². The summed E-state index contributed by atoms with van der Waals surface area (Å²) in [4.78, 5) is 44.8. The number of aryl methyl sites for hydroxylation is 2. The number of hydrogen-bond donors (Lipinski definition) is 4. The Morgan fingerprint density at radius 3 is 2.05 bits per heavy atom. The lowest BCUT2D eigenvalue weighted by Gasteiger charge is -2.19. The molecule has 0 aromatic carbocycles. The summed E-state index contributed by atoms with van der Waals surface area (Å²) in [6.07, 6.45) is 14.8. The summed E-state index contributed by atoms with van der Waals surface area (Å²) in [6.45, 7) is 23.8. The molecule has 10 heteroatoms. The van der Waals surface area contributed by atoms with Crippen LogP contribution in [0.3, 0.4) is 0 Å². The quantitative estimate of drug-likeness (QED) is 0.0686. The monoisotopic (exact) mass is 891 g/mol. The molecule has 0 amide bonds. The van der Waals surface area contributed by atoms with Crippen LogP contribution in [0.4, 0.5) is 0 Å². The van der Waals surface area contributed by atoms with E-state index in [1.54, 1.807) is 6.92 Å². The van der Waals surface area contributed by atoms with Gasteiger partial charge in [0.2, 0.25) is 0 Å². The van der Waals surface area contributed by atoms with Crippen molar-refractivity contribution in [3.63, 3.8) is 0 Å². The predicted molar refractivity (Wildman–Crippen MR) is 264 cm³/mol. The summed E-state index contributed by atoms with van der Waals surface area (Å²) < 4.78 is 11.1. The van der Waals surface area contributed by atoms with E-state index in [2.05, 4.69) is 77.5 Å². The Morgan fingerprint density at radius 1 is 0.800 bits per heavy atom. The van der Waals surface area contributed by atoms with Crippen LogP contribution >= 0.6 is 0 Å². The molecule has 1 aliphatic carbocycles.